The molecule has 4 nitrogen and oxygen atoms in total. The van der Waals surface area contributed by atoms with Gasteiger partial charge < -0.3 is 19.7 Å². The molecule has 0 saturated carbocycles. The van der Waals surface area contributed by atoms with Gasteiger partial charge in [-0.1, -0.05) is 33.9 Å². The number of hydrogen-bond acceptors (Lipinski definition) is 4. The Balaban J connectivity index is 2.80. The highest BCUT2D eigenvalue weighted by molar-refractivity contribution is 6.81. The largest absolute Gasteiger partial charge is 0.394 e. The summed E-state index contributed by atoms with van der Waals surface area (Å²) in [5.74, 6) is 0. The molecule has 0 aromatic heterocycles. The molecule has 0 aromatic rings. The van der Waals surface area contributed by atoms with E-state index in [9.17, 15) is 10.2 Å². The SMILES string of the molecule is COC1C[C@H](O)[C@@H](C(O)[Si](C)(C)C(C)(C)C)O1. The number of methoxy groups -OCH3 is 1. The van der Waals surface area contributed by atoms with Gasteiger partial charge in [0, 0.05) is 13.5 Å². The van der Waals surface area contributed by atoms with E-state index >= 15 is 0 Å². The molecule has 17 heavy (non-hydrogen) atoms. The zero-order valence-electron chi connectivity index (χ0n) is 11.7. The summed E-state index contributed by atoms with van der Waals surface area (Å²) in [7, 11) is -0.388. The van der Waals surface area contributed by atoms with Gasteiger partial charge in [-0.3, -0.25) is 0 Å². The van der Waals surface area contributed by atoms with Gasteiger partial charge in [0.15, 0.2) is 6.29 Å². The Bertz CT molecular complexity index is 262. The molecule has 1 saturated heterocycles. The quantitative estimate of drug-likeness (QED) is 0.757. The molecule has 5 heteroatoms. The highest BCUT2D eigenvalue weighted by Crippen LogP contribution is 2.41. The number of hydrogen-bond donors (Lipinski definition) is 2. The van der Waals surface area contributed by atoms with Crippen molar-refractivity contribution in [2.75, 3.05) is 7.11 Å². The molecular formula is C12H26O4Si. The molecule has 2 N–H and O–H groups in total. The lowest BCUT2D eigenvalue weighted by molar-refractivity contribution is -0.134. The summed E-state index contributed by atoms with van der Waals surface area (Å²) < 4.78 is 10.7. The first-order valence-electron chi connectivity index (χ1n) is 6.15. The monoisotopic (exact) mass is 262 g/mol. The van der Waals surface area contributed by atoms with E-state index in [1.54, 1.807) is 7.11 Å². The zero-order valence-corrected chi connectivity index (χ0v) is 12.7. The topological polar surface area (TPSA) is 58.9 Å². The van der Waals surface area contributed by atoms with E-state index in [1.807, 2.05) is 0 Å². The van der Waals surface area contributed by atoms with E-state index in [0.29, 0.717) is 6.42 Å². The smallest absolute Gasteiger partial charge is 0.160 e. The van der Waals surface area contributed by atoms with Crippen LogP contribution in [0.2, 0.25) is 18.1 Å². The summed E-state index contributed by atoms with van der Waals surface area (Å²) in [4.78, 5) is 0. The normalized spacial score (nSPS) is 32.8. The molecule has 0 spiro atoms. The fraction of sp³-hybridized carbons (Fsp3) is 1.00. The van der Waals surface area contributed by atoms with E-state index in [4.69, 9.17) is 9.47 Å². The van der Waals surface area contributed by atoms with Crippen LogP contribution in [0.5, 0.6) is 0 Å². The van der Waals surface area contributed by atoms with Crippen LogP contribution in [0.3, 0.4) is 0 Å². The molecule has 1 rings (SSSR count). The van der Waals surface area contributed by atoms with Crippen LogP contribution in [0.4, 0.5) is 0 Å². The summed E-state index contributed by atoms with van der Waals surface area (Å²) in [6.07, 6.45) is -1.10. The molecular weight excluding hydrogens is 236 g/mol. The summed E-state index contributed by atoms with van der Waals surface area (Å²) in [6.45, 7) is 10.7. The lowest BCUT2D eigenvalue weighted by Gasteiger charge is -2.43. The fourth-order valence-corrected chi connectivity index (χ4v) is 3.95. The van der Waals surface area contributed by atoms with Crippen LogP contribution in [0.1, 0.15) is 27.2 Å². The van der Waals surface area contributed by atoms with Crippen molar-refractivity contribution >= 4 is 8.07 Å². The van der Waals surface area contributed by atoms with Crippen molar-refractivity contribution in [2.45, 2.75) is 69.5 Å². The van der Waals surface area contributed by atoms with Crippen LogP contribution in [-0.2, 0) is 9.47 Å². The third-order valence-corrected chi connectivity index (χ3v) is 10.0. The van der Waals surface area contributed by atoms with Gasteiger partial charge in [0.2, 0.25) is 0 Å². The van der Waals surface area contributed by atoms with Gasteiger partial charge in [-0.2, -0.15) is 0 Å². The second kappa shape index (κ2) is 4.97. The first-order valence-corrected chi connectivity index (χ1v) is 9.23. The standard InChI is InChI=1S/C12H26O4Si/c1-12(2,3)17(5,6)11(14)10-8(13)7-9(15-4)16-10/h8-11,13-14H,7H2,1-6H3/t8-,9?,10-,11?/m0/s1. The van der Waals surface area contributed by atoms with E-state index < -0.39 is 32.3 Å². The van der Waals surface area contributed by atoms with Crippen LogP contribution in [0.15, 0.2) is 0 Å². The Morgan fingerprint density at radius 2 is 1.88 bits per heavy atom. The van der Waals surface area contributed by atoms with Crippen molar-refractivity contribution in [3.8, 4) is 0 Å². The van der Waals surface area contributed by atoms with Crippen molar-refractivity contribution in [1.82, 2.24) is 0 Å². The Morgan fingerprint density at radius 1 is 1.35 bits per heavy atom. The van der Waals surface area contributed by atoms with Gasteiger partial charge in [0.25, 0.3) is 0 Å². The van der Waals surface area contributed by atoms with Crippen molar-refractivity contribution in [1.29, 1.82) is 0 Å². The lowest BCUT2D eigenvalue weighted by atomic mass is 10.2. The fourth-order valence-electron chi connectivity index (χ4n) is 1.94. The number of ether oxygens (including phenoxy) is 2. The third kappa shape index (κ3) is 2.90. The average molecular weight is 262 g/mol. The summed E-state index contributed by atoms with van der Waals surface area (Å²) in [6, 6.07) is 0. The zero-order chi connectivity index (χ0) is 13.4. The van der Waals surface area contributed by atoms with Gasteiger partial charge in [-0.25, -0.2) is 0 Å². The predicted octanol–water partition coefficient (Wildman–Crippen LogP) is 1.52. The van der Waals surface area contributed by atoms with Crippen LogP contribution in [-0.4, -0.2) is 49.6 Å². The van der Waals surface area contributed by atoms with Crippen LogP contribution in [0.25, 0.3) is 0 Å². The minimum atomic E-state index is -1.94. The van der Waals surface area contributed by atoms with Crippen LogP contribution < -0.4 is 0 Å². The van der Waals surface area contributed by atoms with Crippen molar-refractivity contribution in [2.24, 2.45) is 0 Å². The number of aliphatic hydroxyl groups excluding tert-OH is 2. The van der Waals surface area contributed by atoms with Gasteiger partial charge >= 0.3 is 0 Å². The van der Waals surface area contributed by atoms with Crippen molar-refractivity contribution in [3.63, 3.8) is 0 Å². The third-order valence-electron chi connectivity index (χ3n) is 4.37. The minimum Gasteiger partial charge on any atom is -0.394 e. The number of aliphatic hydroxyl groups is 2. The van der Waals surface area contributed by atoms with Crippen LogP contribution in [0, 0.1) is 0 Å². The van der Waals surface area contributed by atoms with E-state index in [0.717, 1.165) is 0 Å². The molecule has 1 aliphatic rings. The molecule has 0 aliphatic carbocycles. The predicted molar refractivity (Wildman–Crippen MR) is 69.5 cm³/mol. The first-order chi connectivity index (χ1) is 7.61. The van der Waals surface area contributed by atoms with E-state index in [2.05, 4.69) is 33.9 Å². The van der Waals surface area contributed by atoms with Gasteiger partial charge in [0.1, 0.15) is 6.10 Å². The summed E-state index contributed by atoms with van der Waals surface area (Å²) >= 11 is 0. The minimum absolute atomic E-state index is 0.0562. The van der Waals surface area contributed by atoms with Gasteiger partial charge in [0.05, 0.1) is 19.9 Å². The molecule has 0 amide bonds. The lowest BCUT2D eigenvalue weighted by Crippen LogP contribution is -2.57. The molecule has 1 aliphatic heterocycles. The second-order valence-corrected chi connectivity index (χ2v) is 12.0. The van der Waals surface area contributed by atoms with Crippen molar-refractivity contribution in [3.05, 3.63) is 0 Å². The molecule has 0 bridgehead atoms. The summed E-state index contributed by atoms with van der Waals surface area (Å²) in [5.41, 5.74) is -0.586. The maximum absolute atomic E-state index is 10.5. The molecule has 1 fully saturated rings. The van der Waals surface area contributed by atoms with Gasteiger partial charge in [-0.05, 0) is 5.04 Å². The van der Waals surface area contributed by atoms with Crippen LogP contribution >= 0.6 is 0 Å². The first kappa shape index (κ1) is 15.1. The summed E-state index contributed by atoms with van der Waals surface area (Å²) in [5, 5.41) is 20.5. The second-order valence-electron chi connectivity index (χ2n) is 6.49. The molecule has 1 heterocycles. The Kier molecular flexibility index (Phi) is 4.42. The van der Waals surface area contributed by atoms with E-state index in [1.165, 1.54) is 0 Å². The molecule has 0 aromatic carbocycles. The molecule has 4 atom stereocenters. The molecule has 0 radical (unpaired) electrons. The van der Waals surface area contributed by atoms with Gasteiger partial charge in [-0.15, -0.1) is 0 Å². The highest BCUT2D eigenvalue weighted by atomic mass is 28.3. The Labute approximate surface area is 105 Å². The average Bonchev–Trinajstić information content (AvgIpc) is 2.56. The Morgan fingerprint density at radius 3 is 2.24 bits per heavy atom. The Hall–Kier alpha value is 0.0569. The molecule has 102 valence electrons. The van der Waals surface area contributed by atoms with E-state index in [-0.39, 0.29) is 5.04 Å². The molecule has 2 unspecified atom stereocenters. The highest BCUT2D eigenvalue weighted by Gasteiger charge is 2.50. The van der Waals surface area contributed by atoms with Crippen molar-refractivity contribution < 1.29 is 19.7 Å². The maximum Gasteiger partial charge on any atom is 0.160 e. The maximum atomic E-state index is 10.5. The number of rotatable bonds is 3.